The van der Waals surface area contributed by atoms with Crippen molar-refractivity contribution >= 4 is 5.97 Å². The number of rotatable bonds is 4. The molecule has 0 saturated heterocycles. The van der Waals surface area contributed by atoms with Crippen molar-refractivity contribution in [3.63, 3.8) is 0 Å². The molecule has 82 valence electrons. The predicted molar refractivity (Wildman–Crippen MR) is 60.0 cm³/mol. The van der Waals surface area contributed by atoms with E-state index in [1.165, 1.54) is 0 Å². The van der Waals surface area contributed by atoms with Crippen molar-refractivity contribution in [2.75, 3.05) is 0 Å². The maximum atomic E-state index is 10.6. The Balaban J connectivity index is 2.27. The molecule has 2 rings (SSSR count). The molecule has 0 bridgehead atoms. The summed E-state index contributed by atoms with van der Waals surface area (Å²) in [4.78, 5) is 10.6. The molecule has 1 heterocycles. The second-order valence-electron chi connectivity index (χ2n) is 3.52. The van der Waals surface area contributed by atoms with E-state index in [1.807, 2.05) is 30.3 Å². The smallest absolute Gasteiger partial charge is 0.303 e. The van der Waals surface area contributed by atoms with Crippen LogP contribution in [0.3, 0.4) is 0 Å². The highest BCUT2D eigenvalue weighted by atomic mass is 16.4. The highest BCUT2D eigenvalue weighted by Gasteiger charge is 2.06. The van der Waals surface area contributed by atoms with Crippen molar-refractivity contribution in [3.8, 4) is 11.3 Å². The van der Waals surface area contributed by atoms with Crippen LogP contribution in [0.25, 0.3) is 11.3 Å². The Morgan fingerprint density at radius 2 is 2.12 bits per heavy atom. The molecular weight excluding hydrogens is 204 g/mol. The standard InChI is InChI=1S/C12H12N2O2/c15-12(16)6-5-9-3-1-2-4-10(9)11-7-8-13-14-11/h1-4,7-8H,5-6H2,(H,13,14)(H,15,16). The Labute approximate surface area is 92.9 Å². The van der Waals surface area contributed by atoms with Crippen LogP contribution in [-0.2, 0) is 11.2 Å². The van der Waals surface area contributed by atoms with Crippen molar-refractivity contribution in [2.45, 2.75) is 12.8 Å². The van der Waals surface area contributed by atoms with Crippen molar-refractivity contribution in [2.24, 2.45) is 0 Å². The van der Waals surface area contributed by atoms with Crippen molar-refractivity contribution in [1.82, 2.24) is 10.2 Å². The molecule has 2 aromatic rings. The average Bonchev–Trinajstić information content (AvgIpc) is 2.80. The van der Waals surface area contributed by atoms with Crippen molar-refractivity contribution < 1.29 is 9.90 Å². The monoisotopic (exact) mass is 216 g/mol. The van der Waals surface area contributed by atoms with Gasteiger partial charge in [-0.1, -0.05) is 24.3 Å². The first-order valence-corrected chi connectivity index (χ1v) is 5.07. The summed E-state index contributed by atoms with van der Waals surface area (Å²) in [6, 6.07) is 9.63. The number of benzene rings is 1. The second-order valence-corrected chi connectivity index (χ2v) is 3.52. The highest BCUT2D eigenvalue weighted by Crippen LogP contribution is 2.22. The first-order chi connectivity index (χ1) is 7.77. The van der Waals surface area contributed by atoms with Crippen LogP contribution in [0.1, 0.15) is 12.0 Å². The van der Waals surface area contributed by atoms with Crippen LogP contribution >= 0.6 is 0 Å². The number of hydrogen-bond donors (Lipinski definition) is 2. The molecular formula is C12H12N2O2. The van der Waals surface area contributed by atoms with Gasteiger partial charge in [0.25, 0.3) is 0 Å². The normalized spacial score (nSPS) is 10.2. The minimum Gasteiger partial charge on any atom is -0.481 e. The van der Waals surface area contributed by atoms with Gasteiger partial charge in [-0.2, -0.15) is 5.10 Å². The molecule has 0 saturated carbocycles. The van der Waals surface area contributed by atoms with Gasteiger partial charge in [-0.05, 0) is 18.1 Å². The lowest BCUT2D eigenvalue weighted by atomic mass is 10.0. The Morgan fingerprint density at radius 1 is 1.31 bits per heavy atom. The molecule has 0 fully saturated rings. The van der Waals surface area contributed by atoms with Gasteiger partial charge in [0.1, 0.15) is 0 Å². The summed E-state index contributed by atoms with van der Waals surface area (Å²) in [5, 5.41) is 15.5. The zero-order valence-electron chi connectivity index (χ0n) is 8.68. The van der Waals surface area contributed by atoms with E-state index in [2.05, 4.69) is 10.2 Å². The number of aromatic amines is 1. The number of H-pyrrole nitrogens is 1. The minimum atomic E-state index is -0.778. The van der Waals surface area contributed by atoms with Crippen LogP contribution in [0.4, 0.5) is 0 Å². The number of nitrogens with one attached hydrogen (secondary N) is 1. The lowest BCUT2D eigenvalue weighted by molar-refractivity contribution is -0.136. The zero-order valence-corrected chi connectivity index (χ0v) is 8.68. The summed E-state index contributed by atoms with van der Waals surface area (Å²) in [6.07, 6.45) is 2.36. The minimum absolute atomic E-state index is 0.144. The SMILES string of the molecule is O=C(O)CCc1ccccc1-c1ccn[nH]1. The Bertz CT molecular complexity index is 478. The quantitative estimate of drug-likeness (QED) is 0.822. The molecule has 0 unspecified atom stereocenters. The number of hydrogen-bond acceptors (Lipinski definition) is 2. The molecule has 16 heavy (non-hydrogen) atoms. The molecule has 0 atom stereocenters. The first-order valence-electron chi connectivity index (χ1n) is 5.07. The van der Waals surface area contributed by atoms with Gasteiger partial charge in [0, 0.05) is 18.2 Å². The summed E-state index contributed by atoms with van der Waals surface area (Å²) in [5.74, 6) is -0.778. The summed E-state index contributed by atoms with van der Waals surface area (Å²) in [7, 11) is 0. The fraction of sp³-hybridized carbons (Fsp3) is 0.167. The van der Waals surface area contributed by atoms with Gasteiger partial charge in [-0.3, -0.25) is 9.89 Å². The number of nitrogens with zero attached hydrogens (tertiary/aromatic N) is 1. The molecule has 4 nitrogen and oxygen atoms in total. The lowest BCUT2D eigenvalue weighted by Crippen LogP contribution is -1.99. The average molecular weight is 216 g/mol. The fourth-order valence-electron chi connectivity index (χ4n) is 1.65. The number of aliphatic carboxylic acids is 1. The molecule has 0 aliphatic rings. The number of carboxylic acids is 1. The third kappa shape index (κ3) is 2.28. The van der Waals surface area contributed by atoms with Gasteiger partial charge < -0.3 is 5.11 Å². The second kappa shape index (κ2) is 4.61. The van der Waals surface area contributed by atoms with Gasteiger partial charge in [0.05, 0.1) is 5.69 Å². The third-order valence-corrected chi connectivity index (χ3v) is 2.42. The largest absolute Gasteiger partial charge is 0.481 e. The van der Waals surface area contributed by atoms with Crippen molar-refractivity contribution in [1.29, 1.82) is 0 Å². The van der Waals surface area contributed by atoms with E-state index in [0.29, 0.717) is 6.42 Å². The number of carbonyl (C=O) groups is 1. The van der Waals surface area contributed by atoms with Crippen LogP contribution in [0.15, 0.2) is 36.5 Å². The predicted octanol–water partition coefficient (Wildman–Crippen LogP) is 2.09. The van der Waals surface area contributed by atoms with E-state index < -0.39 is 5.97 Å². The molecule has 1 aromatic carbocycles. The maximum absolute atomic E-state index is 10.6. The molecule has 0 radical (unpaired) electrons. The van der Waals surface area contributed by atoms with E-state index in [0.717, 1.165) is 16.8 Å². The van der Waals surface area contributed by atoms with Gasteiger partial charge >= 0.3 is 5.97 Å². The molecule has 2 N–H and O–H groups in total. The van der Waals surface area contributed by atoms with Gasteiger partial charge in [-0.25, -0.2) is 0 Å². The number of carboxylic acid groups (broad SMARTS) is 1. The Kier molecular flexibility index (Phi) is 3.00. The van der Waals surface area contributed by atoms with Gasteiger partial charge in [0.2, 0.25) is 0 Å². The molecule has 1 aromatic heterocycles. The van der Waals surface area contributed by atoms with E-state index in [-0.39, 0.29) is 6.42 Å². The molecule has 4 heteroatoms. The van der Waals surface area contributed by atoms with E-state index >= 15 is 0 Å². The van der Waals surface area contributed by atoms with E-state index in [9.17, 15) is 4.79 Å². The Hall–Kier alpha value is -2.10. The zero-order chi connectivity index (χ0) is 11.4. The topological polar surface area (TPSA) is 66.0 Å². The van der Waals surface area contributed by atoms with Crippen LogP contribution in [0.5, 0.6) is 0 Å². The summed E-state index contributed by atoms with van der Waals surface area (Å²) in [6.45, 7) is 0. The summed E-state index contributed by atoms with van der Waals surface area (Å²) in [5.41, 5.74) is 2.95. The number of aryl methyl sites for hydroxylation is 1. The molecule has 0 amide bonds. The van der Waals surface area contributed by atoms with E-state index in [4.69, 9.17) is 5.11 Å². The maximum Gasteiger partial charge on any atom is 0.303 e. The first kappa shape index (κ1) is 10.4. The van der Waals surface area contributed by atoms with Crippen LogP contribution in [0.2, 0.25) is 0 Å². The fourth-order valence-corrected chi connectivity index (χ4v) is 1.65. The summed E-state index contributed by atoms with van der Waals surface area (Å²) >= 11 is 0. The van der Waals surface area contributed by atoms with Gasteiger partial charge in [-0.15, -0.1) is 0 Å². The number of aromatic nitrogens is 2. The lowest BCUT2D eigenvalue weighted by Gasteiger charge is -2.05. The molecule has 0 spiro atoms. The summed E-state index contributed by atoms with van der Waals surface area (Å²) < 4.78 is 0. The highest BCUT2D eigenvalue weighted by molar-refractivity contribution is 5.69. The third-order valence-electron chi connectivity index (χ3n) is 2.42. The molecule has 0 aliphatic heterocycles. The van der Waals surface area contributed by atoms with Crippen LogP contribution in [-0.4, -0.2) is 21.3 Å². The van der Waals surface area contributed by atoms with Crippen LogP contribution < -0.4 is 0 Å². The Morgan fingerprint density at radius 3 is 2.81 bits per heavy atom. The van der Waals surface area contributed by atoms with E-state index in [1.54, 1.807) is 6.20 Å². The van der Waals surface area contributed by atoms with Gasteiger partial charge in [0.15, 0.2) is 0 Å². The van der Waals surface area contributed by atoms with Crippen LogP contribution in [0, 0.1) is 0 Å². The molecule has 0 aliphatic carbocycles. The van der Waals surface area contributed by atoms with Crippen molar-refractivity contribution in [3.05, 3.63) is 42.1 Å².